The standard InChI is InChI=1S/C75H146O17P2/c1-9-68(8)54-46-38-32-34-42-50-58-75(80)92-71(62-86-73(78)56-48-40-33-31-37-45-53-67(6)7)64-90-94(83,84)88-60-69(76)59-87-93(81,82)89-63-70(91-74(79)57-49-41-30-26-22-18-20-24-28-36-44-52-66(4)5)61-85-72(77)55-47-39-29-25-21-17-15-13-11-10-12-14-16-19-23-27-35-43-51-65(2)3/h65-71,76H,9-64H2,1-8H3,(H,81,82)(H,83,84)/t68?,69-,70-,71-/m1/s1. The van der Waals surface area contributed by atoms with Crippen LogP contribution >= 0.6 is 15.6 Å². The molecule has 558 valence electrons. The Balaban J connectivity index is 5.17. The summed E-state index contributed by atoms with van der Waals surface area (Å²) >= 11 is 0. The molecule has 3 N–H and O–H groups in total. The van der Waals surface area contributed by atoms with Crippen molar-refractivity contribution in [1.82, 2.24) is 0 Å². The molecule has 17 nitrogen and oxygen atoms in total. The molecule has 0 aromatic rings. The number of aliphatic hydroxyl groups is 1. The number of carbonyl (C=O) groups excluding carboxylic acids is 4. The zero-order chi connectivity index (χ0) is 69.6. The first-order valence-corrected chi connectivity index (χ1v) is 41.7. The molecule has 0 radical (unpaired) electrons. The van der Waals surface area contributed by atoms with Gasteiger partial charge in [0, 0.05) is 25.7 Å². The number of hydrogen-bond donors (Lipinski definition) is 3. The van der Waals surface area contributed by atoms with Gasteiger partial charge in [-0.2, -0.15) is 0 Å². The normalized spacial score (nSPS) is 14.4. The van der Waals surface area contributed by atoms with Crippen molar-refractivity contribution in [2.75, 3.05) is 39.6 Å². The Labute approximate surface area is 575 Å². The van der Waals surface area contributed by atoms with E-state index >= 15 is 0 Å². The van der Waals surface area contributed by atoms with Gasteiger partial charge in [0.05, 0.1) is 26.4 Å². The molecular weight excluding hydrogens is 1230 g/mol. The molecule has 3 unspecified atom stereocenters. The van der Waals surface area contributed by atoms with Crippen molar-refractivity contribution in [2.24, 2.45) is 23.7 Å². The highest BCUT2D eigenvalue weighted by Crippen LogP contribution is 2.45. The van der Waals surface area contributed by atoms with Gasteiger partial charge >= 0.3 is 39.5 Å². The molecule has 0 aromatic heterocycles. The van der Waals surface area contributed by atoms with Gasteiger partial charge in [0.25, 0.3) is 0 Å². The number of rotatable bonds is 72. The van der Waals surface area contributed by atoms with Crippen LogP contribution in [0.1, 0.15) is 376 Å². The average Bonchev–Trinajstić information content (AvgIpc) is 1.23. The molecule has 0 spiro atoms. The molecule has 19 heteroatoms. The van der Waals surface area contributed by atoms with Gasteiger partial charge in [-0.15, -0.1) is 0 Å². The maximum Gasteiger partial charge on any atom is 0.472 e. The van der Waals surface area contributed by atoms with Crippen molar-refractivity contribution in [3.05, 3.63) is 0 Å². The lowest BCUT2D eigenvalue weighted by Gasteiger charge is -2.21. The Kier molecular flexibility index (Phi) is 63.1. The molecule has 0 bridgehead atoms. The molecule has 0 aromatic carbocycles. The Bertz CT molecular complexity index is 1850. The summed E-state index contributed by atoms with van der Waals surface area (Å²) < 4.78 is 68.4. The lowest BCUT2D eigenvalue weighted by molar-refractivity contribution is -0.161. The molecular formula is C75H146O17P2. The average molecular weight is 1380 g/mol. The van der Waals surface area contributed by atoms with E-state index in [0.29, 0.717) is 31.6 Å². The van der Waals surface area contributed by atoms with Crippen LogP contribution < -0.4 is 0 Å². The van der Waals surface area contributed by atoms with Crippen LogP contribution in [0.3, 0.4) is 0 Å². The van der Waals surface area contributed by atoms with E-state index in [4.69, 9.17) is 37.0 Å². The Morgan fingerprint density at radius 2 is 0.511 bits per heavy atom. The van der Waals surface area contributed by atoms with Crippen LogP contribution in [-0.4, -0.2) is 96.7 Å². The third-order valence-corrected chi connectivity index (χ3v) is 19.6. The molecule has 0 heterocycles. The van der Waals surface area contributed by atoms with Gasteiger partial charge in [-0.25, -0.2) is 9.13 Å². The first-order valence-electron chi connectivity index (χ1n) is 38.7. The summed E-state index contributed by atoms with van der Waals surface area (Å²) in [5, 5.41) is 10.6. The van der Waals surface area contributed by atoms with Gasteiger partial charge in [0.15, 0.2) is 12.2 Å². The van der Waals surface area contributed by atoms with Crippen LogP contribution in [0.15, 0.2) is 0 Å². The number of phosphoric ester groups is 2. The summed E-state index contributed by atoms with van der Waals surface area (Å²) in [6.45, 7) is 14.1. The first-order chi connectivity index (χ1) is 45.1. The number of ether oxygens (including phenoxy) is 4. The number of phosphoric acid groups is 2. The van der Waals surface area contributed by atoms with Gasteiger partial charge in [0.1, 0.15) is 19.3 Å². The van der Waals surface area contributed by atoms with E-state index in [9.17, 15) is 43.2 Å². The molecule has 0 rings (SSSR count). The number of unbranched alkanes of at least 4 members (excludes halogenated alkanes) is 37. The second-order valence-electron chi connectivity index (χ2n) is 28.7. The molecule has 0 saturated heterocycles. The van der Waals surface area contributed by atoms with E-state index in [0.717, 1.165) is 114 Å². The van der Waals surface area contributed by atoms with Crippen molar-refractivity contribution in [1.29, 1.82) is 0 Å². The third kappa shape index (κ3) is 67.3. The van der Waals surface area contributed by atoms with Gasteiger partial charge in [-0.1, -0.05) is 325 Å². The zero-order valence-corrected chi connectivity index (χ0v) is 63.4. The molecule has 0 aliphatic carbocycles. The van der Waals surface area contributed by atoms with Gasteiger partial charge in [-0.3, -0.25) is 37.3 Å². The summed E-state index contributed by atoms with van der Waals surface area (Å²) in [5.41, 5.74) is 0. The molecule has 0 aliphatic rings. The SMILES string of the molecule is CCC(C)CCCCCCCCC(=O)O[C@H](COC(=O)CCCCCCCCC(C)C)COP(=O)(O)OC[C@H](O)COP(=O)(O)OC[C@@H](COC(=O)CCCCCCCCCCCCCCCCCCCCC(C)C)OC(=O)CCCCCCCCCCCCCC(C)C. The van der Waals surface area contributed by atoms with Crippen LogP contribution in [0.25, 0.3) is 0 Å². The molecule has 0 aliphatic heterocycles. The van der Waals surface area contributed by atoms with Crippen LogP contribution in [-0.2, 0) is 65.4 Å². The summed E-state index contributed by atoms with van der Waals surface area (Å²) in [6.07, 6.45) is 49.0. The highest BCUT2D eigenvalue weighted by molar-refractivity contribution is 7.47. The second-order valence-corrected chi connectivity index (χ2v) is 31.6. The minimum atomic E-state index is -4.96. The predicted molar refractivity (Wildman–Crippen MR) is 381 cm³/mol. The lowest BCUT2D eigenvalue weighted by atomic mass is 10.00. The lowest BCUT2D eigenvalue weighted by Crippen LogP contribution is -2.30. The number of carbonyl (C=O) groups is 4. The van der Waals surface area contributed by atoms with E-state index in [1.807, 2.05) is 0 Å². The summed E-state index contributed by atoms with van der Waals surface area (Å²) in [6, 6.07) is 0. The first kappa shape index (κ1) is 92.1. The molecule has 94 heavy (non-hydrogen) atoms. The fraction of sp³-hybridized carbons (Fsp3) is 0.947. The van der Waals surface area contributed by atoms with E-state index < -0.39 is 97.5 Å². The van der Waals surface area contributed by atoms with Crippen LogP contribution in [0.4, 0.5) is 0 Å². The number of aliphatic hydroxyl groups excluding tert-OH is 1. The largest absolute Gasteiger partial charge is 0.472 e. The predicted octanol–water partition coefficient (Wildman–Crippen LogP) is 21.7. The highest BCUT2D eigenvalue weighted by Gasteiger charge is 2.30. The van der Waals surface area contributed by atoms with Crippen molar-refractivity contribution < 1.29 is 80.2 Å². The van der Waals surface area contributed by atoms with Crippen molar-refractivity contribution in [3.63, 3.8) is 0 Å². The molecule has 6 atom stereocenters. The fourth-order valence-electron chi connectivity index (χ4n) is 11.3. The third-order valence-electron chi connectivity index (χ3n) is 17.7. The van der Waals surface area contributed by atoms with Gasteiger partial charge < -0.3 is 33.8 Å². The van der Waals surface area contributed by atoms with Crippen LogP contribution in [0, 0.1) is 23.7 Å². The Morgan fingerprint density at radius 3 is 0.755 bits per heavy atom. The Hall–Kier alpha value is -1.94. The molecule has 0 fully saturated rings. The minimum absolute atomic E-state index is 0.102. The highest BCUT2D eigenvalue weighted by atomic mass is 31.2. The quantitative estimate of drug-likeness (QED) is 0.0222. The van der Waals surface area contributed by atoms with Gasteiger partial charge in [-0.05, 0) is 49.4 Å². The van der Waals surface area contributed by atoms with Crippen molar-refractivity contribution in [3.8, 4) is 0 Å². The maximum atomic E-state index is 13.1. The van der Waals surface area contributed by atoms with E-state index in [1.54, 1.807) is 0 Å². The van der Waals surface area contributed by atoms with Crippen molar-refractivity contribution >= 4 is 39.5 Å². The zero-order valence-electron chi connectivity index (χ0n) is 61.6. The van der Waals surface area contributed by atoms with Crippen LogP contribution in [0.5, 0.6) is 0 Å². The number of esters is 4. The summed E-state index contributed by atoms with van der Waals surface area (Å²) in [5.74, 6) is 0.860. The van der Waals surface area contributed by atoms with E-state index in [2.05, 4.69) is 55.4 Å². The number of hydrogen-bond acceptors (Lipinski definition) is 15. The minimum Gasteiger partial charge on any atom is -0.462 e. The molecule has 0 amide bonds. The second kappa shape index (κ2) is 64.4. The topological polar surface area (TPSA) is 237 Å². The summed E-state index contributed by atoms with van der Waals surface area (Å²) in [7, 11) is -9.91. The fourth-order valence-corrected chi connectivity index (χ4v) is 12.9. The maximum absolute atomic E-state index is 13.1. The van der Waals surface area contributed by atoms with Crippen molar-refractivity contribution in [2.45, 2.75) is 395 Å². The van der Waals surface area contributed by atoms with E-state index in [1.165, 1.54) is 173 Å². The smallest absolute Gasteiger partial charge is 0.462 e. The van der Waals surface area contributed by atoms with E-state index in [-0.39, 0.29) is 25.7 Å². The molecule has 0 saturated carbocycles. The van der Waals surface area contributed by atoms with Gasteiger partial charge in [0.2, 0.25) is 0 Å². The summed E-state index contributed by atoms with van der Waals surface area (Å²) in [4.78, 5) is 72.6. The Morgan fingerprint density at radius 1 is 0.298 bits per heavy atom. The monoisotopic (exact) mass is 1380 g/mol. The van der Waals surface area contributed by atoms with Crippen LogP contribution in [0.2, 0.25) is 0 Å².